The number of hydrogen-bond acceptors (Lipinski definition) is 3. The van der Waals surface area contributed by atoms with E-state index >= 15 is 0 Å². The fourth-order valence-electron chi connectivity index (χ4n) is 2.12. The summed E-state index contributed by atoms with van der Waals surface area (Å²) in [6, 6.07) is 9.91. The average Bonchev–Trinajstić information content (AvgIpc) is 2.73. The van der Waals surface area contributed by atoms with E-state index in [0.717, 1.165) is 11.3 Å². The predicted molar refractivity (Wildman–Crippen MR) is 72.9 cm³/mol. The Labute approximate surface area is 109 Å². The number of anilines is 4. The number of fused-ring (bicyclic) bond motifs is 1. The molecule has 0 atom stereocenters. The van der Waals surface area contributed by atoms with Gasteiger partial charge in [-0.2, -0.15) is 0 Å². The summed E-state index contributed by atoms with van der Waals surface area (Å²) in [6.45, 7) is 0. The molecule has 3 rings (SSSR count). The Morgan fingerprint density at radius 2 is 2.11 bits per heavy atom. The molecular formula is C14H12FN3O. The van der Waals surface area contributed by atoms with Gasteiger partial charge in [-0.25, -0.2) is 4.39 Å². The fourth-order valence-corrected chi connectivity index (χ4v) is 2.12. The molecule has 0 aliphatic carbocycles. The summed E-state index contributed by atoms with van der Waals surface area (Å²) in [4.78, 5) is 11.3. The van der Waals surface area contributed by atoms with Crippen molar-refractivity contribution >= 4 is 28.7 Å². The van der Waals surface area contributed by atoms with Crippen LogP contribution in [0.1, 0.15) is 5.56 Å². The monoisotopic (exact) mass is 257 g/mol. The molecule has 0 bridgehead atoms. The highest BCUT2D eigenvalue weighted by molar-refractivity contribution is 5.99. The number of carbonyl (C=O) groups is 1. The molecule has 4 nitrogen and oxygen atoms in total. The Balaban J connectivity index is 1.93. The highest BCUT2D eigenvalue weighted by Crippen LogP contribution is 2.30. The molecule has 1 heterocycles. The van der Waals surface area contributed by atoms with E-state index in [0.29, 0.717) is 17.8 Å². The van der Waals surface area contributed by atoms with E-state index in [1.54, 1.807) is 24.3 Å². The van der Waals surface area contributed by atoms with Crippen molar-refractivity contribution in [3.8, 4) is 0 Å². The second-order valence-corrected chi connectivity index (χ2v) is 4.43. The third-order valence-corrected chi connectivity index (χ3v) is 3.05. The number of nitrogens with two attached hydrogens (primary N) is 1. The van der Waals surface area contributed by atoms with Crippen molar-refractivity contribution in [2.45, 2.75) is 6.42 Å². The second-order valence-electron chi connectivity index (χ2n) is 4.43. The highest BCUT2D eigenvalue weighted by atomic mass is 19.1. The molecule has 0 radical (unpaired) electrons. The molecule has 0 unspecified atom stereocenters. The highest BCUT2D eigenvalue weighted by Gasteiger charge is 2.17. The molecule has 0 saturated carbocycles. The van der Waals surface area contributed by atoms with Crippen LogP contribution in [-0.2, 0) is 11.2 Å². The average molecular weight is 257 g/mol. The van der Waals surface area contributed by atoms with Gasteiger partial charge in [0.2, 0.25) is 5.91 Å². The van der Waals surface area contributed by atoms with E-state index < -0.39 is 5.82 Å². The van der Waals surface area contributed by atoms with Gasteiger partial charge in [0.25, 0.3) is 0 Å². The van der Waals surface area contributed by atoms with Crippen molar-refractivity contribution < 1.29 is 9.18 Å². The van der Waals surface area contributed by atoms with Crippen LogP contribution in [0.2, 0.25) is 0 Å². The number of nitrogen functional groups attached to an aromatic ring is 1. The first-order valence-electron chi connectivity index (χ1n) is 5.87. The lowest BCUT2D eigenvalue weighted by molar-refractivity contribution is -0.115. The Bertz CT molecular complexity index is 649. The van der Waals surface area contributed by atoms with Gasteiger partial charge in [-0.05, 0) is 35.9 Å². The normalized spacial score (nSPS) is 13.0. The van der Waals surface area contributed by atoms with Gasteiger partial charge >= 0.3 is 0 Å². The Morgan fingerprint density at radius 3 is 2.89 bits per heavy atom. The maximum absolute atomic E-state index is 13.7. The summed E-state index contributed by atoms with van der Waals surface area (Å²) in [5.41, 5.74) is 8.72. The quantitative estimate of drug-likeness (QED) is 0.724. The van der Waals surface area contributed by atoms with Crippen molar-refractivity contribution in [3.05, 3.63) is 47.8 Å². The number of hydrogen-bond donors (Lipinski definition) is 3. The van der Waals surface area contributed by atoms with E-state index in [1.165, 1.54) is 6.07 Å². The smallest absolute Gasteiger partial charge is 0.228 e. The third kappa shape index (κ3) is 2.10. The van der Waals surface area contributed by atoms with Crippen molar-refractivity contribution in [1.29, 1.82) is 0 Å². The first-order chi connectivity index (χ1) is 9.13. The molecule has 0 fully saturated rings. The summed E-state index contributed by atoms with van der Waals surface area (Å²) in [6.07, 6.45) is 0.345. The predicted octanol–water partition coefficient (Wildman–Crippen LogP) is 2.65. The summed E-state index contributed by atoms with van der Waals surface area (Å²) >= 11 is 0. The van der Waals surface area contributed by atoms with Crippen LogP contribution in [0.5, 0.6) is 0 Å². The van der Waals surface area contributed by atoms with Crippen LogP contribution in [0.3, 0.4) is 0 Å². The fraction of sp³-hybridized carbons (Fsp3) is 0.0714. The molecule has 1 amide bonds. The third-order valence-electron chi connectivity index (χ3n) is 3.05. The van der Waals surface area contributed by atoms with Gasteiger partial charge in [0.15, 0.2) is 0 Å². The Kier molecular flexibility index (Phi) is 2.59. The first kappa shape index (κ1) is 11.5. The van der Waals surface area contributed by atoms with E-state index in [4.69, 9.17) is 5.73 Å². The Morgan fingerprint density at radius 1 is 1.26 bits per heavy atom. The van der Waals surface area contributed by atoms with Crippen LogP contribution in [0.4, 0.5) is 27.1 Å². The van der Waals surface area contributed by atoms with E-state index in [-0.39, 0.29) is 11.6 Å². The molecule has 1 aliphatic rings. The maximum Gasteiger partial charge on any atom is 0.228 e. The van der Waals surface area contributed by atoms with Crippen LogP contribution in [-0.4, -0.2) is 5.91 Å². The van der Waals surface area contributed by atoms with Gasteiger partial charge in [-0.3, -0.25) is 4.79 Å². The van der Waals surface area contributed by atoms with Gasteiger partial charge in [0.1, 0.15) is 5.82 Å². The summed E-state index contributed by atoms with van der Waals surface area (Å²) in [7, 11) is 0. The lowest BCUT2D eigenvalue weighted by atomic mass is 10.1. The van der Waals surface area contributed by atoms with E-state index in [9.17, 15) is 9.18 Å². The lowest BCUT2D eigenvalue weighted by Crippen LogP contribution is -2.03. The second kappa shape index (κ2) is 4.28. The zero-order chi connectivity index (χ0) is 13.4. The Hall–Kier alpha value is -2.56. The largest absolute Gasteiger partial charge is 0.397 e. The SMILES string of the molecule is Nc1cccc(F)c1Nc1ccc2c(c1)CC(=O)N2. The van der Waals surface area contributed by atoms with Crippen LogP contribution in [0, 0.1) is 5.82 Å². The molecule has 4 N–H and O–H groups in total. The topological polar surface area (TPSA) is 67.1 Å². The molecule has 0 spiro atoms. The van der Waals surface area contributed by atoms with Crippen molar-refractivity contribution in [3.63, 3.8) is 0 Å². The molecule has 0 saturated heterocycles. The van der Waals surface area contributed by atoms with Gasteiger partial charge in [-0.1, -0.05) is 6.07 Å². The molecule has 2 aromatic carbocycles. The number of rotatable bonds is 2. The van der Waals surface area contributed by atoms with Gasteiger partial charge in [-0.15, -0.1) is 0 Å². The minimum atomic E-state index is -0.408. The van der Waals surface area contributed by atoms with Crippen LogP contribution in [0.15, 0.2) is 36.4 Å². The van der Waals surface area contributed by atoms with Crippen LogP contribution >= 0.6 is 0 Å². The number of halogens is 1. The molecular weight excluding hydrogens is 245 g/mol. The number of benzene rings is 2. The first-order valence-corrected chi connectivity index (χ1v) is 5.87. The minimum absolute atomic E-state index is 0.0300. The number of nitrogens with one attached hydrogen (secondary N) is 2. The van der Waals surface area contributed by atoms with Crippen LogP contribution in [0.25, 0.3) is 0 Å². The standard InChI is InChI=1S/C14H12FN3O/c15-10-2-1-3-11(16)14(10)17-9-4-5-12-8(6-9)7-13(19)18-12/h1-6,17H,7,16H2,(H,18,19). The zero-order valence-electron chi connectivity index (χ0n) is 10.0. The number of carbonyl (C=O) groups excluding carboxylic acids is 1. The van der Waals surface area contributed by atoms with E-state index in [2.05, 4.69) is 10.6 Å². The minimum Gasteiger partial charge on any atom is -0.397 e. The van der Waals surface area contributed by atoms with Crippen molar-refractivity contribution in [2.24, 2.45) is 0 Å². The van der Waals surface area contributed by atoms with Gasteiger partial charge in [0, 0.05) is 11.4 Å². The maximum atomic E-state index is 13.7. The van der Waals surface area contributed by atoms with Crippen LogP contribution < -0.4 is 16.4 Å². The molecule has 5 heteroatoms. The molecule has 0 aromatic heterocycles. The van der Waals surface area contributed by atoms with Gasteiger partial charge < -0.3 is 16.4 Å². The molecule has 2 aromatic rings. The van der Waals surface area contributed by atoms with E-state index in [1.807, 2.05) is 6.07 Å². The summed E-state index contributed by atoms with van der Waals surface area (Å²) in [5, 5.41) is 5.69. The molecule has 96 valence electrons. The summed E-state index contributed by atoms with van der Waals surface area (Å²) < 4.78 is 13.7. The van der Waals surface area contributed by atoms with Crippen molar-refractivity contribution in [1.82, 2.24) is 0 Å². The van der Waals surface area contributed by atoms with Gasteiger partial charge in [0.05, 0.1) is 17.8 Å². The summed E-state index contributed by atoms with van der Waals surface area (Å²) in [5.74, 6) is -0.438. The number of amides is 1. The molecule has 19 heavy (non-hydrogen) atoms. The van der Waals surface area contributed by atoms with Crippen molar-refractivity contribution in [2.75, 3.05) is 16.4 Å². The lowest BCUT2D eigenvalue weighted by Gasteiger charge is -2.11. The number of para-hydroxylation sites is 1. The molecule has 1 aliphatic heterocycles. The zero-order valence-corrected chi connectivity index (χ0v) is 10.0.